The number of carbonyl (C=O) groups excluding carboxylic acids is 1. The first-order valence-electron chi connectivity index (χ1n) is 6.18. The highest BCUT2D eigenvalue weighted by atomic mass is 32.2. The maximum atomic E-state index is 12.1. The number of nitrogens with two attached hydrogens (primary N) is 1. The smallest absolute Gasteiger partial charge is 0.288 e. The van der Waals surface area contributed by atoms with Crippen molar-refractivity contribution in [2.75, 3.05) is 25.6 Å². The van der Waals surface area contributed by atoms with E-state index >= 15 is 0 Å². The second-order valence-corrected chi connectivity index (χ2v) is 5.39. The van der Waals surface area contributed by atoms with E-state index in [1.54, 1.807) is 31.4 Å². The molecule has 0 saturated heterocycles. The van der Waals surface area contributed by atoms with Gasteiger partial charge in [-0.2, -0.15) is 8.78 Å². The molecule has 20 heavy (non-hydrogen) atoms. The zero-order chi connectivity index (χ0) is 15.0. The van der Waals surface area contributed by atoms with Crippen molar-refractivity contribution < 1.29 is 23.6 Å². The molecule has 0 radical (unpaired) electrons. The quantitative estimate of drug-likeness (QED) is 0.716. The Bertz CT molecular complexity index is 415. The van der Waals surface area contributed by atoms with Crippen LogP contribution >= 0.6 is 11.8 Å². The number of benzene rings is 1. The molecule has 4 nitrogen and oxygen atoms in total. The van der Waals surface area contributed by atoms with Crippen LogP contribution in [-0.4, -0.2) is 38.0 Å². The largest absolute Gasteiger partial charge is 0.379 e. The summed E-state index contributed by atoms with van der Waals surface area (Å²) in [5.41, 5.74) is 0.599. The Morgan fingerprint density at radius 1 is 1.40 bits per heavy atom. The van der Waals surface area contributed by atoms with Crippen LogP contribution in [0.5, 0.6) is 0 Å². The van der Waals surface area contributed by atoms with Crippen LogP contribution in [0, 0.1) is 0 Å². The fourth-order valence-corrected chi connectivity index (χ4v) is 2.07. The van der Waals surface area contributed by atoms with Gasteiger partial charge in [-0.1, -0.05) is 11.8 Å². The van der Waals surface area contributed by atoms with Gasteiger partial charge in [0.2, 0.25) is 0 Å². The van der Waals surface area contributed by atoms with E-state index in [9.17, 15) is 13.6 Å². The predicted octanol–water partition coefficient (Wildman–Crippen LogP) is 1.54. The van der Waals surface area contributed by atoms with E-state index in [0.717, 1.165) is 0 Å². The lowest BCUT2D eigenvalue weighted by Crippen LogP contribution is -2.92. The Morgan fingerprint density at radius 2 is 2.05 bits per heavy atom. The number of hydrogen-bond acceptors (Lipinski definition) is 3. The molecule has 0 aliphatic carbocycles. The molecule has 1 atom stereocenters. The number of alkyl halides is 2. The maximum absolute atomic E-state index is 12.1. The van der Waals surface area contributed by atoms with E-state index in [1.165, 1.54) is 0 Å². The van der Waals surface area contributed by atoms with Crippen molar-refractivity contribution in [3.63, 3.8) is 0 Å². The third-order valence-corrected chi connectivity index (χ3v) is 3.22. The van der Waals surface area contributed by atoms with Gasteiger partial charge in [-0.3, -0.25) is 4.79 Å². The molecular weight excluding hydrogens is 286 g/mol. The average molecular weight is 305 g/mol. The van der Waals surface area contributed by atoms with Crippen LogP contribution in [0.25, 0.3) is 0 Å². The molecule has 0 unspecified atom stereocenters. The fraction of sp³-hybridized carbons (Fsp3) is 0.462. The summed E-state index contributed by atoms with van der Waals surface area (Å²) < 4.78 is 29.3. The molecule has 0 bridgehead atoms. The second kappa shape index (κ2) is 8.89. The van der Waals surface area contributed by atoms with Gasteiger partial charge < -0.3 is 15.4 Å². The summed E-state index contributed by atoms with van der Waals surface area (Å²) in [5, 5.41) is 4.59. The Morgan fingerprint density at radius 3 is 2.60 bits per heavy atom. The highest BCUT2D eigenvalue weighted by Gasteiger charge is 2.10. The minimum Gasteiger partial charge on any atom is -0.379 e. The highest BCUT2D eigenvalue weighted by Crippen LogP contribution is 2.25. The highest BCUT2D eigenvalue weighted by molar-refractivity contribution is 7.99. The first-order valence-corrected chi connectivity index (χ1v) is 7.06. The third kappa shape index (κ3) is 6.83. The van der Waals surface area contributed by atoms with Crippen molar-refractivity contribution in [3.8, 4) is 0 Å². The van der Waals surface area contributed by atoms with Crippen LogP contribution in [0.1, 0.15) is 6.92 Å². The van der Waals surface area contributed by atoms with Gasteiger partial charge in [0.05, 0.1) is 6.61 Å². The van der Waals surface area contributed by atoms with E-state index < -0.39 is 5.76 Å². The van der Waals surface area contributed by atoms with Crippen molar-refractivity contribution in [2.45, 2.75) is 23.6 Å². The van der Waals surface area contributed by atoms with E-state index in [0.29, 0.717) is 29.0 Å². The van der Waals surface area contributed by atoms with Crippen molar-refractivity contribution in [3.05, 3.63) is 24.3 Å². The van der Waals surface area contributed by atoms with Gasteiger partial charge >= 0.3 is 0 Å². The molecule has 0 saturated carbocycles. The van der Waals surface area contributed by atoms with Crippen molar-refractivity contribution in [1.29, 1.82) is 0 Å². The van der Waals surface area contributed by atoms with Gasteiger partial charge in [0.25, 0.3) is 11.7 Å². The monoisotopic (exact) mass is 305 g/mol. The molecule has 3 N–H and O–H groups in total. The summed E-state index contributed by atoms with van der Waals surface area (Å²) >= 11 is 0.480. The lowest BCUT2D eigenvalue weighted by Gasteiger charge is -2.10. The van der Waals surface area contributed by atoms with Crippen LogP contribution in [0.15, 0.2) is 29.2 Å². The Balaban J connectivity index is 2.38. The number of nitrogens with one attached hydrogen (secondary N) is 1. The summed E-state index contributed by atoms with van der Waals surface area (Å²) in [4.78, 5) is 12.1. The van der Waals surface area contributed by atoms with Crippen LogP contribution in [0.3, 0.4) is 0 Å². The molecular formula is C13H19F2N2O2S+. The number of ether oxygens (including phenoxy) is 1. The second-order valence-electron chi connectivity index (χ2n) is 4.32. The standard InChI is InChI=1S/C13H18F2N2O2S/c1-9(8-19-2)16-7-12(18)17-10-3-5-11(6-4-10)20-13(14)15/h3-6,9,13,16H,7-8H2,1-2H3,(H,17,18)/p+1/t9-/m1/s1. The van der Waals surface area contributed by atoms with Crippen molar-refractivity contribution in [2.24, 2.45) is 0 Å². The van der Waals surface area contributed by atoms with Gasteiger partial charge in [0.15, 0.2) is 6.54 Å². The summed E-state index contributed by atoms with van der Waals surface area (Å²) in [6.07, 6.45) is 0. The van der Waals surface area contributed by atoms with Gasteiger partial charge in [0.1, 0.15) is 6.04 Å². The van der Waals surface area contributed by atoms with Crippen LogP contribution in [0.2, 0.25) is 0 Å². The summed E-state index contributed by atoms with van der Waals surface area (Å²) in [7, 11) is 1.61. The van der Waals surface area contributed by atoms with Gasteiger partial charge in [0, 0.05) is 17.7 Å². The molecule has 1 aromatic carbocycles. The van der Waals surface area contributed by atoms with Crippen molar-refractivity contribution >= 4 is 23.4 Å². The van der Waals surface area contributed by atoms with E-state index in [2.05, 4.69) is 5.32 Å². The molecule has 112 valence electrons. The van der Waals surface area contributed by atoms with E-state index in [-0.39, 0.29) is 18.5 Å². The van der Waals surface area contributed by atoms with Gasteiger partial charge in [-0.05, 0) is 31.2 Å². The molecule has 0 spiro atoms. The SMILES string of the molecule is COC[C@@H](C)[NH2+]CC(=O)Nc1ccc(SC(F)F)cc1. The van der Waals surface area contributed by atoms with Crippen molar-refractivity contribution in [1.82, 2.24) is 0 Å². The van der Waals surface area contributed by atoms with Crippen LogP contribution in [0.4, 0.5) is 14.5 Å². The molecule has 7 heteroatoms. The first kappa shape index (κ1) is 16.9. The van der Waals surface area contributed by atoms with E-state index in [4.69, 9.17) is 4.74 Å². The van der Waals surface area contributed by atoms with Crippen LogP contribution < -0.4 is 10.6 Å². The average Bonchev–Trinajstić information content (AvgIpc) is 2.38. The summed E-state index contributed by atoms with van der Waals surface area (Å²) in [6.45, 7) is 2.83. The van der Waals surface area contributed by atoms with E-state index in [1.807, 2.05) is 12.2 Å². The molecule has 0 fully saturated rings. The molecule has 0 aromatic heterocycles. The number of hydrogen-bond donors (Lipinski definition) is 2. The Labute approximate surface area is 121 Å². The molecule has 0 aliphatic rings. The normalized spacial score (nSPS) is 12.4. The van der Waals surface area contributed by atoms with Gasteiger partial charge in [-0.25, -0.2) is 0 Å². The number of quaternary nitrogens is 1. The lowest BCUT2D eigenvalue weighted by molar-refractivity contribution is -0.677. The Hall–Kier alpha value is -1.18. The molecule has 1 rings (SSSR count). The summed E-state index contributed by atoms with van der Waals surface area (Å²) in [6, 6.07) is 6.55. The molecule has 1 aromatic rings. The van der Waals surface area contributed by atoms with Crippen LogP contribution in [-0.2, 0) is 9.53 Å². The van der Waals surface area contributed by atoms with Gasteiger partial charge in [-0.15, -0.1) is 0 Å². The third-order valence-electron chi connectivity index (χ3n) is 2.50. The molecule has 0 aliphatic heterocycles. The Kier molecular flexibility index (Phi) is 7.50. The zero-order valence-corrected chi connectivity index (χ0v) is 12.3. The number of rotatable bonds is 8. The minimum atomic E-state index is -2.44. The number of amides is 1. The number of thioether (sulfide) groups is 1. The summed E-state index contributed by atoms with van der Waals surface area (Å²) in [5.74, 6) is -2.57. The number of anilines is 1. The number of methoxy groups -OCH3 is 1. The lowest BCUT2D eigenvalue weighted by atomic mass is 10.3. The molecule has 0 heterocycles. The maximum Gasteiger partial charge on any atom is 0.288 e. The number of carbonyl (C=O) groups is 1. The molecule has 1 amide bonds. The fourth-order valence-electron chi connectivity index (χ4n) is 1.57. The first-order chi connectivity index (χ1) is 9.51. The minimum absolute atomic E-state index is 0.137. The number of halogens is 2. The topological polar surface area (TPSA) is 54.9 Å². The zero-order valence-electron chi connectivity index (χ0n) is 11.4. The predicted molar refractivity (Wildman–Crippen MR) is 75.1 cm³/mol.